The van der Waals surface area contributed by atoms with Gasteiger partial charge in [-0.25, -0.2) is 9.55 Å². The second-order valence-corrected chi connectivity index (χ2v) is 11.4. The number of hydrogen-bond donors (Lipinski definition) is 10. The number of aliphatic hydroxyl groups excluding tert-OH is 3. The van der Waals surface area contributed by atoms with Gasteiger partial charge >= 0.3 is 7.82 Å². The number of nitrogens with one attached hydrogen (secondary N) is 4. The number of phosphoric ester groups is 1. The summed E-state index contributed by atoms with van der Waals surface area (Å²) >= 11 is 3.18. The molecule has 41 heavy (non-hydrogen) atoms. The van der Waals surface area contributed by atoms with Gasteiger partial charge in [-0.05, 0) is 22.9 Å². The molecule has 0 aliphatic carbocycles. The number of phosphoric acid groups is 1. The Morgan fingerprint density at radius 3 is 2.54 bits per heavy atom. The highest BCUT2D eigenvalue weighted by Crippen LogP contribution is 2.52. The highest BCUT2D eigenvalue weighted by Gasteiger charge is 2.53. The molecule has 3 aromatic heterocycles. The van der Waals surface area contributed by atoms with Crippen molar-refractivity contribution in [1.82, 2.24) is 29.5 Å². The van der Waals surface area contributed by atoms with Gasteiger partial charge in [-0.15, -0.1) is 0 Å². The smallest absolute Gasteiger partial charge is 0.391 e. The summed E-state index contributed by atoms with van der Waals surface area (Å²) in [4.78, 5) is 49.5. The zero-order valence-corrected chi connectivity index (χ0v) is 23.4. The molecule has 8 atom stereocenters. The Morgan fingerprint density at radius 2 is 1.83 bits per heavy atom. The van der Waals surface area contributed by atoms with E-state index in [2.05, 4.69) is 56.0 Å². The van der Waals surface area contributed by atoms with Crippen LogP contribution in [0.15, 0.2) is 14.3 Å². The summed E-state index contributed by atoms with van der Waals surface area (Å²) in [7, 11) is -4.24. The van der Waals surface area contributed by atoms with Gasteiger partial charge < -0.3 is 47.1 Å². The molecular formula is C19H26BrN10O10P. The minimum absolute atomic E-state index is 0.00764. The summed E-state index contributed by atoms with van der Waals surface area (Å²) in [5.41, 5.74) is 10.3. The van der Waals surface area contributed by atoms with Crippen LogP contribution in [0.5, 0.6) is 0 Å². The molecule has 20 nitrogen and oxygen atoms in total. The number of fused-ring (bicyclic) bond motifs is 3. The third kappa shape index (κ3) is 5.67. The van der Waals surface area contributed by atoms with Crippen molar-refractivity contribution < 1.29 is 38.6 Å². The Bertz CT molecular complexity index is 1630. The van der Waals surface area contributed by atoms with Crippen LogP contribution < -0.4 is 33.2 Å². The molecular weight excluding hydrogens is 639 g/mol. The van der Waals surface area contributed by atoms with Gasteiger partial charge in [0.1, 0.15) is 30.1 Å². The van der Waals surface area contributed by atoms with Crippen LogP contribution in [-0.4, -0.2) is 99.4 Å². The molecule has 2 fully saturated rings. The molecule has 0 amide bonds. The van der Waals surface area contributed by atoms with Crippen molar-refractivity contribution in [2.75, 3.05) is 35.3 Å². The van der Waals surface area contributed by atoms with Gasteiger partial charge in [0.25, 0.3) is 11.1 Å². The largest absolute Gasteiger partial charge is 0.472 e. The lowest BCUT2D eigenvalue weighted by Gasteiger charge is -2.31. The number of rotatable bonds is 3. The van der Waals surface area contributed by atoms with Crippen molar-refractivity contribution in [3.05, 3.63) is 25.4 Å². The lowest BCUT2D eigenvalue weighted by molar-refractivity contribution is -0.0669. The Labute approximate surface area is 236 Å². The second-order valence-electron chi connectivity index (χ2n) is 9.30. The molecule has 3 aromatic rings. The standard InChI is InChI=1S/C10H11BrN5O7P.C9H15N5O3/c11-9-13-3-6(14-10(12)15-7(3)18)16(9)8-4(17)5-2(22-8)1-21-24(19,20)23-5;1-3(15)6(16)4-2-11-7-5(12-4)8(17)14-9(10)13-7/h2,4-5,8,17H,1H2,(H,19,20)(H3,12,14,15,18);3-4,6,12,15-16H,2H2,1H3,(H4,10,11,13,14,17)/t2-,4-,5-,8-;3-,4+,6-/m10/s1. The van der Waals surface area contributed by atoms with E-state index >= 15 is 0 Å². The van der Waals surface area contributed by atoms with Gasteiger partial charge in [0.2, 0.25) is 11.9 Å². The predicted molar refractivity (Wildman–Crippen MR) is 144 cm³/mol. The van der Waals surface area contributed by atoms with Crippen LogP contribution in [-0.2, 0) is 18.3 Å². The van der Waals surface area contributed by atoms with E-state index in [0.29, 0.717) is 12.4 Å². The fraction of sp³-hybridized carbons (Fsp3) is 0.526. The molecule has 6 rings (SSSR count). The number of ether oxygens (including phenoxy) is 1. The zero-order chi connectivity index (χ0) is 29.8. The SMILES string of the molecule is C[C@H](O)[C@H](O)[C@H]1CNc2nc(N)[nH]c(=O)c2N1.Nc1nc2c(nc(Br)n2[C@@H]2O[C@@H]3COP(=O)(O)O[C@H]3[C@H]2O)c(=O)[nH]1. The Kier molecular flexibility index (Phi) is 7.82. The van der Waals surface area contributed by atoms with Gasteiger partial charge in [0.05, 0.1) is 18.8 Å². The third-order valence-electron chi connectivity index (χ3n) is 6.41. The fourth-order valence-corrected chi connectivity index (χ4v) is 6.00. The molecule has 224 valence electrons. The van der Waals surface area contributed by atoms with Crippen molar-refractivity contribution in [2.24, 2.45) is 0 Å². The molecule has 1 unspecified atom stereocenters. The van der Waals surface area contributed by atoms with Crippen LogP contribution in [0.4, 0.5) is 23.4 Å². The topological polar surface area (TPSA) is 311 Å². The number of imidazole rings is 1. The summed E-state index contributed by atoms with van der Waals surface area (Å²) < 4.78 is 28.2. The number of aromatic nitrogens is 6. The molecule has 2 saturated heterocycles. The Hall–Kier alpha value is -3.14. The van der Waals surface area contributed by atoms with Gasteiger partial charge in [-0.1, -0.05) is 0 Å². The number of nitrogen functional groups attached to an aromatic ring is 2. The maximum atomic E-state index is 11.9. The lowest BCUT2D eigenvalue weighted by atomic mass is 10.0. The van der Waals surface area contributed by atoms with E-state index in [1.807, 2.05) is 0 Å². The highest BCUT2D eigenvalue weighted by atomic mass is 79.9. The number of anilines is 4. The molecule has 22 heteroatoms. The molecule has 0 aromatic carbocycles. The number of hydrogen-bond acceptors (Lipinski definition) is 16. The number of H-pyrrole nitrogens is 2. The van der Waals surface area contributed by atoms with Crippen molar-refractivity contribution in [3.8, 4) is 0 Å². The first-order valence-corrected chi connectivity index (χ1v) is 14.2. The normalized spacial score (nSPS) is 30.2. The molecule has 0 radical (unpaired) electrons. The zero-order valence-electron chi connectivity index (χ0n) is 21.0. The fourth-order valence-electron chi connectivity index (χ4n) is 4.49. The number of nitrogens with zero attached hydrogens (tertiary/aromatic N) is 4. The summed E-state index contributed by atoms with van der Waals surface area (Å²) in [6.45, 7) is 1.59. The molecule has 0 spiro atoms. The monoisotopic (exact) mass is 664 g/mol. The number of nitrogens with two attached hydrogens (primary N) is 2. The summed E-state index contributed by atoms with van der Waals surface area (Å²) in [6, 6.07) is -0.464. The van der Waals surface area contributed by atoms with Crippen molar-refractivity contribution in [1.29, 1.82) is 0 Å². The summed E-state index contributed by atoms with van der Waals surface area (Å²) in [5.74, 6) is 0.239. The van der Waals surface area contributed by atoms with E-state index in [1.165, 1.54) is 11.5 Å². The van der Waals surface area contributed by atoms with Crippen molar-refractivity contribution in [2.45, 2.75) is 49.7 Å². The van der Waals surface area contributed by atoms with Gasteiger partial charge in [-0.3, -0.25) is 33.2 Å². The van der Waals surface area contributed by atoms with Crippen molar-refractivity contribution in [3.63, 3.8) is 0 Å². The van der Waals surface area contributed by atoms with E-state index < -0.39 is 61.7 Å². The summed E-state index contributed by atoms with van der Waals surface area (Å²) in [6.07, 6.45) is -6.12. The Morgan fingerprint density at radius 1 is 1.15 bits per heavy atom. The molecule has 12 N–H and O–H groups in total. The average Bonchev–Trinajstić information content (AvgIpc) is 3.38. The predicted octanol–water partition coefficient (Wildman–Crippen LogP) is -2.46. The van der Waals surface area contributed by atoms with E-state index in [1.54, 1.807) is 0 Å². The third-order valence-corrected chi connectivity index (χ3v) is 7.95. The lowest BCUT2D eigenvalue weighted by Crippen LogP contribution is -2.48. The van der Waals surface area contributed by atoms with Crippen molar-refractivity contribution >= 4 is 58.3 Å². The maximum absolute atomic E-state index is 11.9. The number of aliphatic hydroxyl groups is 3. The van der Waals surface area contributed by atoms with E-state index in [-0.39, 0.29) is 40.1 Å². The first kappa shape index (κ1) is 29.4. The molecule has 6 heterocycles. The van der Waals surface area contributed by atoms with Gasteiger partial charge in [-0.2, -0.15) is 9.97 Å². The molecule has 3 aliphatic heterocycles. The minimum Gasteiger partial charge on any atom is -0.391 e. The van der Waals surface area contributed by atoms with Crippen LogP contribution in [0.3, 0.4) is 0 Å². The number of halogens is 1. The van der Waals surface area contributed by atoms with Crippen LogP contribution in [0.2, 0.25) is 0 Å². The minimum atomic E-state index is -4.24. The van der Waals surface area contributed by atoms with E-state index in [9.17, 15) is 34.4 Å². The van der Waals surface area contributed by atoms with Gasteiger partial charge in [0.15, 0.2) is 27.9 Å². The van der Waals surface area contributed by atoms with Crippen LogP contribution in [0.25, 0.3) is 11.2 Å². The maximum Gasteiger partial charge on any atom is 0.472 e. The first-order chi connectivity index (χ1) is 19.3. The van der Waals surface area contributed by atoms with E-state index in [4.69, 9.17) is 20.7 Å². The molecule has 0 bridgehead atoms. The second kappa shape index (κ2) is 10.9. The molecule has 0 saturated carbocycles. The highest BCUT2D eigenvalue weighted by molar-refractivity contribution is 9.10. The summed E-state index contributed by atoms with van der Waals surface area (Å²) in [5, 5.41) is 35.2. The Balaban J connectivity index is 0.000000175. The molecule has 3 aliphatic rings. The van der Waals surface area contributed by atoms with Gasteiger partial charge in [0, 0.05) is 6.54 Å². The quantitative estimate of drug-likeness (QED) is 0.102. The average molecular weight is 665 g/mol. The first-order valence-electron chi connectivity index (χ1n) is 11.9. The van der Waals surface area contributed by atoms with E-state index in [0.717, 1.165) is 0 Å². The van der Waals surface area contributed by atoms with Crippen LogP contribution >= 0.6 is 23.8 Å². The van der Waals surface area contributed by atoms with Crippen LogP contribution in [0, 0.1) is 0 Å². The number of aromatic amines is 2. The van der Waals surface area contributed by atoms with Crippen LogP contribution in [0.1, 0.15) is 13.2 Å².